The van der Waals surface area contributed by atoms with Gasteiger partial charge in [-0.25, -0.2) is 0 Å². The molecule has 1 atom stereocenters. The van der Waals surface area contributed by atoms with Crippen molar-refractivity contribution in [3.05, 3.63) is 22.4 Å². The van der Waals surface area contributed by atoms with Crippen LogP contribution in [-0.4, -0.2) is 36.8 Å². The molecule has 0 radical (unpaired) electrons. The molecule has 4 N–H and O–H groups in total. The molecule has 1 unspecified atom stereocenters. The molecule has 0 saturated heterocycles. The van der Waals surface area contributed by atoms with Crippen LogP contribution in [0.3, 0.4) is 0 Å². The molecule has 17 heavy (non-hydrogen) atoms. The zero-order chi connectivity index (χ0) is 12.5. The molecule has 6 heteroatoms. The van der Waals surface area contributed by atoms with Crippen LogP contribution in [0.15, 0.2) is 17.5 Å². The van der Waals surface area contributed by atoms with Crippen molar-refractivity contribution in [3.8, 4) is 0 Å². The lowest BCUT2D eigenvalue weighted by molar-refractivity contribution is -0.117. The van der Waals surface area contributed by atoms with Crippen LogP contribution < -0.4 is 11.1 Å². The lowest BCUT2D eigenvalue weighted by Crippen LogP contribution is -2.32. The molecule has 1 heterocycles. The number of amides is 1. The third kappa shape index (κ3) is 7.06. The SMILES string of the molecule is NC(=O)CCNCC(O)COCc1cccs1. The van der Waals surface area contributed by atoms with Crippen molar-refractivity contribution in [2.45, 2.75) is 19.1 Å². The first-order valence-electron chi connectivity index (χ1n) is 5.45. The van der Waals surface area contributed by atoms with Crippen LogP contribution >= 0.6 is 11.3 Å². The molecule has 0 saturated carbocycles. The number of hydrogen-bond acceptors (Lipinski definition) is 5. The van der Waals surface area contributed by atoms with E-state index in [0.717, 1.165) is 4.88 Å². The fourth-order valence-corrected chi connectivity index (χ4v) is 1.87. The van der Waals surface area contributed by atoms with Crippen LogP contribution in [0.2, 0.25) is 0 Å². The number of carbonyl (C=O) groups excluding carboxylic acids is 1. The average molecular weight is 258 g/mol. The Labute approximate surface area is 105 Å². The maximum absolute atomic E-state index is 10.4. The van der Waals surface area contributed by atoms with Crippen LogP contribution in [-0.2, 0) is 16.1 Å². The van der Waals surface area contributed by atoms with E-state index in [1.807, 2.05) is 17.5 Å². The Hall–Kier alpha value is -0.950. The lowest BCUT2D eigenvalue weighted by Gasteiger charge is -2.11. The third-order valence-electron chi connectivity index (χ3n) is 2.06. The first-order valence-corrected chi connectivity index (χ1v) is 6.33. The summed E-state index contributed by atoms with van der Waals surface area (Å²) >= 11 is 1.63. The summed E-state index contributed by atoms with van der Waals surface area (Å²) in [6, 6.07) is 3.95. The second-order valence-electron chi connectivity index (χ2n) is 3.67. The first kappa shape index (κ1) is 14.1. The molecule has 5 nitrogen and oxygen atoms in total. The molecule has 0 spiro atoms. The highest BCUT2D eigenvalue weighted by Crippen LogP contribution is 2.09. The van der Waals surface area contributed by atoms with Gasteiger partial charge in [0, 0.05) is 24.4 Å². The molecule has 0 fully saturated rings. The highest BCUT2D eigenvalue weighted by molar-refractivity contribution is 7.09. The smallest absolute Gasteiger partial charge is 0.218 e. The Morgan fingerprint density at radius 3 is 3.12 bits per heavy atom. The molecular formula is C11H18N2O3S. The average Bonchev–Trinajstić information content (AvgIpc) is 2.77. The Morgan fingerprint density at radius 2 is 2.47 bits per heavy atom. The van der Waals surface area contributed by atoms with Gasteiger partial charge in [0.15, 0.2) is 0 Å². The minimum atomic E-state index is -0.567. The fourth-order valence-electron chi connectivity index (χ4n) is 1.23. The number of carbonyl (C=O) groups is 1. The van der Waals surface area contributed by atoms with Gasteiger partial charge in [-0.15, -0.1) is 11.3 Å². The largest absolute Gasteiger partial charge is 0.389 e. The van der Waals surface area contributed by atoms with Gasteiger partial charge in [0.2, 0.25) is 5.91 Å². The van der Waals surface area contributed by atoms with Crippen LogP contribution in [0.25, 0.3) is 0 Å². The molecule has 0 aliphatic carbocycles. The Balaban J connectivity index is 1.97. The van der Waals surface area contributed by atoms with Crippen molar-refractivity contribution in [1.82, 2.24) is 5.32 Å². The standard InChI is InChI=1S/C11H18N2O3S/c12-11(15)3-4-13-6-9(14)7-16-8-10-2-1-5-17-10/h1-2,5,9,13-14H,3-4,6-8H2,(H2,12,15). The zero-order valence-electron chi connectivity index (χ0n) is 9.59. The van der Waals surface area contributed by atoms with Crippen molar-refractivity contribution >= 4 is 17.2 Å². The number of aliphatic hydroxyl groups is 1. The van der Waals surface area contributed by atoms with Gasteiger partial charge < -0.3 is 20.9 Å². The molecule has 0 bridgehead atoms. The van der Waals surface area contributed by atoms with Crippen LogP contribution in [0.1, 0.15) is 11.3 Å². The third-order valence-corrected chi connectivity index (χ3v) is 2.91. The topological polar surface area (TPSA) is 84.6 Å². The summed E-state index contributed by atoms with van der Waals surface area (Å²) in [5, 5.41) is 14.5. The summed E-state index contributed by atoms with van der Waals surface area (Å²) in [6.45, 7) is 1.69. The van der Waals surface area contributed by atoms with Crippen LogP contribution in [0.5, 0.6) is 0 Å². The van der Waals surface area contributed by atoms with Crippen LogP contribution in [0.4, 0.5) is 0 Å². The molecule has 1 amide bonds. The van der Waals surface area contributed by atoms with Crippen molar-refractivity contribution < 1.29 is 14.6 Å². The number of aliphatic hydroxyl groups excluding tert-OH is 1. The Kier molecular flexibility index (Phi) is 6.80. The van der Waals surface area contributed by atoms with Crippen molar-refractivity contribution in [3.63, 3.8) is 0 Å². The molecule has 1 aromatic heterocycles. The second kappa shape index (κ2) is 8.19. The van der Waals surface area contributed by atoms with E-state index < -0.39 is 6.10 Å². The second-order valence-corrected chi connectivity index (χ2v) is 4.70. The number of nitrogens with one attached hydrogen (secondary N) is 1. The molecule has 0 aromatic carbocycles. The van der Waals surface area contributed by atoms with E-state index in [1.54, 1.807) is 11.3 Å². The van der Waals surface area contributed by atoms with E-state index in [0.29, 0.717) is 19.7 Å². The summed E-state index contributed by atoms with van der Waals surface area (Å²) in [6.07, 6.45) is -0.286. The molecule has 0 aliphatic heterocycles. The lowest BCUT2D eigenvalue weighted by atomic mass is 10.3. The molecule has 1 rings (SSSR count). The molecular weight excluding hydrogens is 240 g/mol. The van der Waals surface area contributed by atoms with Crippen molar-refractivity contribution in [1.29, 1.82) is 0 Å². The van der Waals surface area contributed by atoms with Gasteiger partial charge in [-0.2, -0.15) is 0 Å². The maximum atomic E-state index is 10.4. The van der Waals surface area contributed by atoms with E-state index in [1.165, 1.54) is 0 Å². The zero-order valence-corrected chi connectivity index (χ0v) is 10.4. The van der Waals surface area contributed by atoms with Gasteiger partial charge in [0.05, 0.1) is 19.3 Å². The highest BCUT2D eigenvalue weighted by atomic mass is 32.1. The molecule has 96 valence electrons. The predicted molar refractivity (Wildman–Crippen MR) is 66.7 cm³/mol. The summed E-state index contributed by atoms with van der Waals surface area (Å²) in [4.78, 5) is 11.6. The summed E-state index contributed by atoms with van der Waals surface area (Å²) in [7, 11) is 0. The fraction of sp³-hybridized carbons (Fsp3) is 0.545. The van der Waals surface area contributed by atoms with E-state index >= 15 is 0 Å². The number of thiophene rings is 1. The van der Waals surface area contributed by atoms with Gasteiger partial charge in [0.1, 0.15) is 0 Å². The number of rotatable bonds is 9. The van der Waals surface area contributed by atoms with E-state index in [-0.39, 0.29) is 18.9 Å². The Bertz CT molecular complexity index is 317. The minimum absolute atomic E-state index is 0.279. The Morgan fingerprint density at radius 1 is 1.65 bits per heavy atom. The number of ether oxygens (including phenoxy) is 1. The number of primary amides is 1. The van der Waals surface area contributed by atoms with E-state index in [4.69, 9.17) is 10.5 Å². The van der Waals surface area contributed by atoms with E-state index in [9.17, 15) is 9.90 Å². The summed E-state index contributed by atoms with van der Waals surface area (Å²) < 4.78 is 5.35. The normalized spacial score (nSPS) is 12.5. The predicted octanol–water partition coefficient (Wildman–Crippen LogP) is 0.0906. The van der Waals surface area contributed by atoms with Gasteiger partial charge >= 0.3 is 0 Å². The first-order chi connectivity index (χ1) is 8.18. The summed E-state index contributed by atoms with van der Waals surface area (Å²) in [5.74, 6) is -0.346. The van der Waals surface area contributed by atoms with Gasteiger partial charge in [-0.1, -0.05) is 6.07 Å². The van der Waals surface area contributed by atoms with Crippen molar-refractivity contribution in [2.24, 2.45) is 5.73 Å². The monoisotopic (exact) mass is 258 g/mol. The highest BCUT2D eigenvalue weighted by Gasteiger charge is 2.04. The molecule has 0 aliphatic rings. The minimum Gasteiger partial charge on any atom is -0.389 e. The van der Waals surface area contributed by atoms with Crippen LogP contribution in [0, 0.1) is 0 Å². The van der Waals surface area contributed by atoms with Gasteiger partial charge in [0.25, 0.3) is 0 Å². The maximum Gasteiger partial charge on any atom is 0.218 e. The van der Waals surface area contributed by atoms with Gasteiger partial charge in [-0.05, 0) is 11.4 Å². The number of hydrogen-bond donors (Lipinski definition) is 3. The number of nitrogens with two attached hydrogens (primary N) is 1. The van der Waals surface area contributed by atoms with Gasteiger partial charge in [-0.3, -0.25) is 4.79 Å². The summed E-state index contributed by atoms with van der Waals surface area (Å²) in [5.41, 5.74) is 4.98. The quantitative estimate of drug-likeness (QED) is 0.548. The van der Waals surface area contributed by atoms with E-state index in [2.05, 4.69) is 5.32 Å². The molecule has 1 aromatic rings. The van der Waals surface area contributed by atoms with Crippen molar-refractivity contribution in [2.75, 3.05) is 19.7 Å².